The van der Waals surface area contributed by atoms with E-state index in [1.165, 1.54) is 0 Å². The highest BCUT2D eigenvalue weighted by atomic mass is 35.5. The number of halogens is 1. The van der Waals surface area contributed by atoms with Gasteiger partial charge >= 0.3 is 0 Å². The molecule has 2 heterocycles. The smallest absolute Gasteiger partial charge is 0.227 e. The molecule has 5 aromatic rings. The van der Waals surface area contributed by atoms with Gasteiger partial charge in [0.15, 0.2) is 0 Å². The lowest BCUT2D eigenvalue weighted by molar-refractivity contribution is -0.393. The van der Waals surface area contributed by atoms with E-state index in [1.54, 1.807) is 7.11 Å². The second-order valence-electron chi connectivity index (χ2n) is 12.8. The first-order chi connectivity index (χ1) is 25.0. The van der Waals surface area contributed by atoms with Gasteiger partial charge in [0.25, 0.3) is 0 Å². The molecule has 0 radical (unpaired) electrons. The molecule has 0 aromatic heterocycles. The van der Waals surface area contributed by atoms with E-state index in [2.05, 4.69) is 12.1 Å². The Morgan fingerprint density at radius 1 is 0.667 bits per heavy atom. The fourth-order valence-corrected chi connectivity index (χ4v) is 7.04. The highest BCUT2D eigenvalue weighted by molar-refractivity contribution is 6.31. The Balaban J connectivity index is 1.28. The first-order valence-electron chi connectivity index (χ1n) is 17.4. The molecule has 2 aliphatic heterocycles. The van der Waals surface area contributed by atoms with Gasteiger partial charge in [-0.1, -0.05) is 121 Å². The first kappa shape index (κ1) is 35.4. The number of methoxy groups -OCH3 is 1. The molecule has 264 valence electrons. The number of benzene rings is 5. The van der Waals surface area contributed by atoms with E-state index in [0.717, 1.165) is 39.1 Å². The molecule has 7 nitrogen and oxygen atoms in total. The zero-order valence-corrected chi connectivity index (χ0v) is 29.7. The van der Waals surface area contributed by atoms with Gasteiger partial charge in [-0.05, 0) is 65.4 Å². The number of rotatable bonds is 15. The van der Waals surface area contributed by atoms with Crippen molar-refractivity contribution in [1.29, 1.82) is 0 Å². The van der Waals surface area contributed by atoms with E-state index in [4.69, 9.17) is 44.8 Å². The Morgan fingerprint density at radius 3 is 1.80 bits per heavy atom. The molecule has 0 amide bonds. The minimum Gasteiger partial charge on any atom is -0.494 e. The molecular weight excluding hydrogens is 664 g/mol. The molecule has 8 heteroatoms. The SMILES string of the molecule is CCOc1ccc(Cc2cc([C@]34OC[C@](OC)(O3)[C@@H](OCc3ccccc3)[C@H](OCc3ccccc3)[C@H]4OCc3ccccc3)ccc2Cl)cc1. The van der Waals surface area contributed by atoms with Crippen LogP contribution in [0.5, 0.6) is 5.75 Å². The molecule has 7 rings (SSSR count). The summed E-state index contributed by atoms with van der Waals surface area (Å²) in [6, 6.07) is 44.1. The van der Waals surface area contributed by atoms with Crippen molar-refractivity contribution in [2.24, 2.45) is 0 Å². The van der Waals surface area contributed by atoms with E-state index in [-0.39, 0.29) is 6.61 Å². The molecule has 0 unspecified atom stereocenters. The summed E-state index contributed by atoms with van der Waals surface area (Å²) in [5.74, 6) is -1.87. The van der Waals surface area contributed by atoms with Crippen molar-refractivity contribution >= 4 is 11.6 Å². The van der Waals surface area contributed by atoms with Gasteiger partial charge in [-0.2, -0.15) is 0 Å². The van der Waals surface area contributed by atoms with Crippen LogP contribution in [0.15, 0.2) is 133 Å². The summed E-state index contributed by atoms with van der Waals surface area (Å²) in [5.41, 5.74) is 5.80. The summed E-state index contributed by atoms with van der Waals surface area (Å²) >= 11 is 6.86. The third kappa shape index (κ3) is 7.76. The van der Waals surface area contributed by atoms with Crippen LogP contribution in [-0.2, 0) is 60.4 Å². The summed E-state index contributed by atoms with van der Waals surface area (Å²) in [7, 11) is 1.62. The number of fused-ring (bicyclic) bond motifs is 2. The van der Waals surface area contributed by atoms with Gasteiger partial charge in [0, 0.05) is 17.7 Å². The van der Waals surface area contributed by atoms with Gasteiger partial charge in [-0.15, -0.1) is 0 Å². The van der Waals surface area contributed by atoms with Gasteiger partial charge in [-0.3, -0.25) is 0 Å². The predicted octanol–water partition coefficient (Wildman–Crippen LogP) is 8.64. The second-order valence-corrected chi connectivity index (χ2v) is 13.2. The number of ether oxygens (including phenoxy) is 7. The van der Waals surface area contributed by atoms with Crippen LogP contribution in [0, 0.1) is 0 Å². The lowest BCUT2D eigenvalue weighted by Crippen LogP contribution is -2.67. The summed E-state index contributed by atoms with van der Waals surface area (Å²) in [6.45, 7) is 3.61. The molecule has 0 aliphatic carbocycles. The van der Waals surface area contributed by atoms with Crippen molar-refractivity contribution < 1.29 is 33.2 Å². The van der Waals surface area contributed by atoms with Gasteiger partial charge < -0.3 is 33.2 Å². The van der Waals surface area contributed by atoms with Gasteiger partial charge in [-0.25, -0.2) is 0 Å². The fourth-order valence-electron chi connectivity index (χ4n) is 6.86. The highest BCUT2D eigenvalue weighted by Crippen LogP contribution is 2.53. The van der Waals surface area contributed by atoms with Gasteiger partial charge in [0.05, 0.1) is 26.4 Å². The molecule has 0 spiro atoms. The molecule has 51 heavy (non-hydrogen) atoms. The molecule has 2 aliphatic rings. The number of hydrogen-bond acceptors (Lipinski definition) is 7. The maximum Gasteiger partial charge on any atom is 0.227 e. The van der Waals surface area contributed by atoms with Crippen LogP contribution in [0.2, 0.25) is 5.02 Å². The Morgan fingerprint density at radius 2 is 1.24 bits per heavy atom. The summed E-state index contributed by atoms with van der Waals surface area (Å²) in [4.78, 5) is 0. The second kappa shape index (κ2) is 16.1. The Hall–Kier alpha value is -4.05. The topological polar surface area (TPSA) is 64.6 Å². The standard InChI is InChI=1S/C43H43ClO7/c1-3-46-37-22-19-31(20-23-37)25-35-26-36(21-24-38(35)44)43-41(49-29-34-17-11-6-12-18-34)39(47-27-32-13-7-4-8-14-32)40(42(45-2,51-43)30-50-43)48-28-33-15-9-5-10-16-33/h4-24,26,39-41H,3,25,27-30H2,1-2H3/t39-,40-,41+,42-,43-/m0/s1. The lowest BCUT2D eigenvalue weighted by atomic mass is 9.86. The van der Waals surface area contributed by atoms with E-state index in [1.807, 2.05) is 128 Å². The van der Waals surface area contributed by atoms with Crippen molar-refractivity contribution in [1.82, 2.24) is 0 Å². The minimum atomic E-state index is -1.41. The Bertz CT molecular complexity index is 1840. The zero-order chi connectivity index (χ0) is 35.1. The average molecular weight is 707 g/mol. The third-order valence-electron chi connectivity index (χ3n) is 9.47. The predicted molar refractivity (Wildman–Crippen MR) is 195 cm³/mol. The third-order valence-corrected chi connectivity index (χ3v) is 9.84. The first-order valence-corrected chi connectivity index (χ1v) is 17.8. The van der Waals surface area contributed by atoms with Crippen LogP contribution < -0.4 is 4.74 Å². The van der Waals surface area contributed by atoms with Crippen molar-refractivity contribution in [2.45, 2.75) is 63.1 Å². The van der Waals surface area contributed by atoms with Crippen LogP contribution in [0.4, 0.5) is 0 Å². The molecule has 2 saturated heterocycles. The lowest BCUT2D eigenvalue weighted by Gasteiger charge is -2.50. The van der Waals surface area contributed by atoms with E-state index in [9.17, 15) is 0 Å². The highest BCUT2D eigenvalue weighted by Gasteiger charge is 2.70. The molecule has 0 saturated carbocycles. The van der Waals surface area contributed by atoms with Crippen molar-refractivity contribution in [3.8, 4) is 5.75 Å². The summed E-state index contributed by atoms with van der Waals surface area (Å²) in [6.07, 6.45) is -1.55. The fraction of sp³-hybridized carbons (Fsp3) is 0.302. The van der Waals surface area contributed by atoms with Crippen molar-refractivity contribution in [3.05, 3.63) is 172 Å². The maximum atomic E-state index is 7.05. The van der Waals surface area contributed by atoms with E-state index >= 15 is 0 Å². The molecular formula is C43H43ClO7. The van der Waals surface area contributed by atoms with Crippen LogP contribution in [0.1, 0.15) is 40.3 Å². The van der Waals surface area contributed by atoms with Crippen LogP contribution in [-0.4, -0.2) is 44.4 Å². The van der Waals surface area contributed by atoms with Crippen LogP contribution in [0.3, 0.4) is 0 Å². The molecule has 5 atom stereocenters. The van der Waals surface area contributed by atoms with Gasteiger partial charge in [0.1, 0.15) is 30.7 Å². The van der Waals surface area contributed by atoms with E-state index < -0.39 is 29.9 Å². The number of hydrogen-bond donors (Lipinski definition) is 0. The molecule has 0 N–H and O–H groups in total. The van der Waals surface area contributed by atoms with Crippen molar-refractivity contribution in [2.75, 3.05) is 20.3 Å². The summed E-state index contributed by atoms with van der Waals surface area (Å²) < 4.78 is 46.3. The van der Waals surface area contributed by atoms with Crippen LogP contribution in [0.25, 0.3) is 0 Å². The normalized spacial score (nSPS) is 24.0. The maximum absolute atomic E-state index is 7.05. The average Bonchev–Trinajstić information content (AvgIpc) is 3.54. The van der Waals surface area contributed by atoms with E-state index in [0.29, 0.717) is 37.9 Å². The zero-order valence-electron chi connectivity index (χ0n) is 28.9. The Labute approximate surface area is 304 Å². The monoisotopic (exact) mass is 706 g/mol. The molecule has 5 aromatic carbocycles. The van der Waals surface area contributed by atoms with Crippen LogP contribution >= 0.6 is 11.6 Å². The van der Waals surface area contributed by atoms with Crippen molar-refractivity contribution in [3.63, 3.8) is 0 Å². The molecule has 2 fully saturated rings. The Kier molecular flexibility index (Phi) is 11.2. The summed E-state index contributed by atoms with van der Waals surface area (Å²) in [5, 5.41) is 0.638. The largest absolute Gasteiger partial charge is 0.494 e. The van der Waals surface area contributed by atoms with Gasteiger partial charge in [0.2, 0.25) is 11.6 Å². The molecule has 2 bridgehead atoms. The minimum absolute atomic E-state index is 0.0935. The quantitative estimate of drug-likeness (QED) is 0.108.